The number of rotatable bonds is 0. The lowest BCUT2D eigenvalue weighted by molar-refractivity contribution is 0.292. The minimum Gasteiger partial charge on any atom is -0.420 e. The fourth-order valence-corrected chi connectivity index (χ4v) is 73.8. The van der Waals surface area contributed by atoms with E-state index in [2.05, 4.69) is 52.8 Å². The molecule has 0 amide bonds. The van der Waals surface area contributed by atoms with Crippen molar-refractivity contribution in [3.8, 4) is 0 Å². The highest BCUT2D eigenvalue weighted by Crippen LogP contribution is 2.44. The van der Waals surface area contributed by atoms with Crippen molar-refractivity contribution in [2.24, 2.45) is 0 Å². The van der Waals surface area contributed by atoms with E-state index in [1.54, 1.807) is 0 Å². The van der Waals surface area contributed by atoms with Crippen LogP contribution in [-0.2, 0) is 4.43 Å². The summed E-state index contributed by atoms with van der Waals surface area (Å²) in [5.41, 5.74) is 0.364. The van der Waals surface area contributed by atoms with Crippen molar-refractivity contribution in [2.45, 2.75) is 58.5 Å². The van der Waals surface area contributed by atoms with E-state index in [0.717, 1.165) is 0 Å². The Morgan fingerprint density at radius 2 is 1.27 bits per heavy atom. The lowest BCUT2D eigenvalue weighted by atomic mass is 10.9. The highest BCUT2D eigenvalue weighted by molar-refractivity contribution is 7.88. The maximum Gasteiger partial charge on any atom is 0.171 e. The number of hydrogen-bond acceptors (Lipinski definition) is 1. The molecular formula is C9H25ClOSi4. The molecule has 0 aromatic carbocycles. The molecule has 0 N–H and O–H groups in total. The Bertz CT molecular complexity index is 275. The van der Waals surface area contributed by atoms with Gasteiger partial charge in [0, 0.05) is 5.73 Å². The molecule has 2 unspecified atom stereocenters. The summed E-state index contributed by atoms with van der Waals surface area (Å²) in [6, 6.07) is 0. The van der Waals surface area contributed by atoms with E-state index in [1.807, 2.05) is 0 Å². The van der Waals surface area contributed by atoms with Crippen LogP contribution in [0.1, 0.15) is 6.92 Å². The first-order chi connectivity index (χ1) is 6.38. The monoisotopic (exact) mass is 296 g/mol. The van der Waals surface area contributed by atoms with Crippen molar-refractivity contribution in [3.05, 3.63) is 0 Å². The van der Waals surface area contributed by atoms with Crippen molar-refractivity contribution >= 4 is 40.0 Å². The lowest BCUT2D eigenvalue weighted by Gasteiger charge is -2.60. The standard InChI is InChI=1S/C9H25ClOSi4/c1-9-11-12(2,3)13(4,5)14(6,7)15(9,8)10/h9H,1-8H3. The van der Waals surface area contributed by atoms with Gasteiger partial charge in [-0.3, -0.25) is 0 Å². The summed E-state index contributed by atoms with van der Waals surface area (Å²) in [5, 5.41) is 0. The van der Waals surface area contributed by atoms with Crippen LogP contribution in [0.25, 0.3) is 0 Å². The summed E-state index contributed by atoms with van der Waals surface area (Å²) >= 11 is 6.96. The van der Waals surface area contributed by atoms with Gasteiger partial charge in [0.1, 0.15) is 0 Å². The summed E-state index contributed by atoms with van der Waals surface area (Å²) in [4.78, 5) is 0. The second kappa shape index (κ2) is 3.55. The molecule has 1 aliphatic heterocycles. The molecule has 1 nitrogen and oxygen atoms in total. The molecule has 1 aliphatic rings. The van der Waals surface area contributed by atoms with Crippen LogP contribution in [-0.4, -0.2) is 34.7 Å². The molecular weight excluding hydrogens is 272 g/mol. The largest absolute Gasteiger partial charge is 0.420 e. The molecule has 6 heteroatoms. The number of halogens is 1. The third-order valence-electron chi connectivity index (χ3n) is 5.52. The molecule has 1 rings (SSSR count). The first kappa shape index (κ1) is 14.2. The second-order valence-corrected chi connectivity index (χ2v) is 47.4. The molecule has 0 aliphatic carbocycles. The zero-order valence-electron chi connectivity index (χ0n) is 11.4. The van der Waals surface area contributed by atoms with Crippen molar-refractivity contribution in [3.63, 3.8) is 0 Å². The van der Waals surface area contributed by atoms with Gasteiger partial charge in [-0.15, -0.1) is 0 Å². The summed E-state index contributed by atoms with van der Waals surface area (Å²) in [6.45, 7) is 18.0. The van der Waals surface area contributed by atoms with E-state index < -0.39 is 29.0 Å². The summed E-state index contributed by atoms with van der Waals surface area (Å²) in [7, 11) is -3.96. The minimum absolute atomic E-state index is 0.364. The van der Waals surface area contributed by atoms with Gasteiger partial charge in [0.25, 0.3) is 0 Å². The predicted molar refractivity (Wildman–Crippen MR) is 80.5 cm³/mol. The molecule has 15 heavy (non-hydrogen) atoms. The quantitative estimate of drug-likeness (QED) is 0.490. The maximum atomic E-state index is 6.96. The molecule has 1 fully saturated rings. The lowest BCUT2D eigenvalue weighted by Crippen LogP contribution is -2.86. The van der Waals surface area contributed by atoms with Crippen LogP contribution in [0.5, 0.6) is 0 Å². The van der Waals surface area contributed by atoms with Gasteiger partial charge in [-0.2, -0.15) is 11.1 Å². The molecule has 1 heterocycles. The molecule has 90 valence electrons. The first-order valence-corrected chi connectivity index (χ1v) is 21.2. The fraction of sp³-hybridized carbons (Fsp3) is 1.00. The highest BCUT2D eigenvalue weighted by Gasteiger charge is 2.67. The predicted octanol–water partition coefficient (Wildman–Crippen LogP) is 3.62. The average molecular weight is 297 g/mol. The minimum atomic E-state index is -1.66. The third kappa shape index (κ3) is 1.70. The Hall–Kier alpha value is 1.12. The van der Waals surface area contributed by atoms with Crippen LogP contribution in [0.15, 0.2) is 0 Å². The summed E-state index contributed by atoms with van der Waals surface area (Å²) in [6.07, 6.45) is 0. The Kier molecular flexibility index (Phi) is 3.36. The molecule has 2 atom stereocenters. The van der Waals surface area contributed by atoms with Crippen molar-refractivity contribution < 1.29 is 4.43 Å². The third-order valence-corrected chi connectivity index (χ3v) is 74.4. The first-order valence-electron chi connectivity index (χ1n) is 5.74. The van der Waals surface area contributed by atoms with Crippen LogP contribution >= 0.6 is 11.1 Å². The van der Waals surface area contributed by atoms with Crippen LogP contribution in [0.2, 0.25) is 45.8 Å². The Morgan fingerprint density at radius 3 is 1.67 bits per heavy atom. The van der Waals surface area contributed by atoms with Gasteiger partial charge in [-0.05, 0) is 20.0 Å². The van der Waals surface area contributed by atoms with Gasteiger partial charge in [-0.1, -0.05) is 32.7 Å². The van der Waals surface area contributed by atoms with Gasteiger partial charge in [0.2, 0.25) is 0 Å². The van der Waals surface area contributed by atoms with E-state index in [1.165, 1.54) is 0 Å². The van der Waals surface area contributed by atoms with Crippen LogP contribution in [0, 0.1) is 0 Å². The van der Waals surface area contributed by atoms with Crippen LogP contribution in [0.4, 0.5) is 0 Å². The zero-order valence-corrected chi connectivity index (χ0v) is 16.1. The molecule has 0 aromatic heterocycles. The number of hydrogen-bond donors (Lipinski definition) is 0. The zero-order chi connectivity index (χ0) is 12.3. The fourth-order valence-electron chi connectivity index (χ4n) is 2.57. The topological polar surface area (TPSA) is 9.23 Å². The normalized spacial score (nSPS) is 42.6. The average Bonchev–Trinajstić information content (AvgIpc) is 2.00. The van der Waals surface area contributed by atoms with Gasteiger partial charge >= 0.3 is 0 Å². The Morgan fingerprint density at radius 1 is 0.867 bits per heavy atom. The molecule has 0 aromatic rings. The van der Waals surface area contributed by atoms with E-state index in [0.29, 0.717) is 5.73 Å². The highest BCUT2D eigenvalue weighted by atomic mass is 35.6. The SMILES string of the molecule is CC1O[Si](C)(C)[Si](C)(C)[Si](C)(C)[Si]1(C)Cl. The van der Waals surface area contributed by atoms with Gasteiger partial charge in [0.15, 0.2) is 14.7 Å². The molecule has 0 saturated carbocycles. The molecule has 0 bridgehead atoms. The maximum absolute atomic E-state index is 6.96. The van der Waals surface area contributed by atoms with Crippen LogP contribution < -0.4 is 0 Å². The van der Waals surface area contributed by atoms with Crippen LogP contribution in [0.3, 0.4) is 0 Å². The van der Waals surface area contributed by atoms with Crippen molar-refractivity contribution in [1.82, 2.24) is 0 Å². The van der Waals surface area contributed by atoms with E-state index in [4.69, 9.17) is 15.5 Å². The summed E-state index contributed by atoms with van der Waals surface area (Å²) in [5.74, 6) is 0. The molecule has 1 saturated heterocycles. The molecule has 0 radical (unpaired) electrons. The summed E-state index contributed by atoms with van der Waals surface area (Å²) < 4.78 is 6.40. The van der Waals surface area contributed by atoms with Gasteiger partial charge in [0.05, 0.1) is 14.2 Å². The van der Waals surface area contributed by atoms with Crippen molar-refractivity contribution in [1.29, 1.82) is 0 Å². The van der Waals surface area contributed by atoms with E-state index in [9.17, 15) is 0 Å². The van der Waals surface area contributed by atoms with E-state index in [-0.39, 0.29) is 0 Å². The van der Waals surface area contributed by atoms with Gasteiger partial charge < -0.3 is 4.43 Å². The smallest absolute Gasteiger partial charge is 0.171 e. The Balaban J connectivity index is 3.30. The Labute approximate surface area is 103 Å². The van der Waals surface area contributed by atoms with Gasteiger partial charge in [-0.25, -0.2) is 0 Å². The second-order valence-electron chi connectivity index (χ2n) is 6.60. The van der Waals surface area contributed by atoms with E-state index >= 15 is 0 Å². The molecule has 0 spiro atoms. The van der Waals surface area contributed by atoms with Crippen molar-refractivity contribution in [2.75, 3.05) is 0 Å².